The molecule has 1 saturated carbocycles. The van der Waals surface area contributed by atoms with Crippen LogP contribution in [0.1, 0.15) is 23.5 Å². The van der Waals surface area contributed by atoms with Crippen LogP contribution in [-0.4, -0.2) is 11.2 Å². The van der Waals surface area contributed by atoms with Gasteiger partial charge in [-0.3, -0.25) is 0 Å². The Morgan fingerprint density at radius 1 is 1.10 bits per heavy atom. The first-order valence-corrected chi connectivity index (χ1v) is 6.82. The minimum Gasteiger partial charge on any atom is -0.392 e. The van der Waals surface area contributed by atoms with E-state index in [1.54, 1.807) is 0 Å². The van der Waals surface area contributed by atoms with Crippen LogP contribution in [0.5, 0.6) is 0 Å². The largest absolute Gasteiger partial charge is 0.392 e. The highest BCUT2D eigenvalue weighted by atomic mass is 19.1. The van der Waals surface area contributed by atoms with E-state index in [9.17, 15) is 13.9 Å². The highest BCUT2D eigenvalue weighted by molar-refractivity contribution is 5.27. The Morgan fingerprint density at radius 2 is 1.85 bits per heavy atom. The number of halogens is 2. The number of aliphatic hydroxyl groups excluding tert-OH is 1. The fourth-order valence-electron chi connectivity index (χ4n) is 2.79. The first-order valence-electron chi connectivity index (χ1n) is 6.82. The zero-order chi connectivity index (χ0) is 14.1. The van der Waals surface area contributed by atoms with Crippen LogP contribution in [0.25, 0.3) is 0 Å². The lowest BCUT2D eigenvalue weighted by molar-refractivity contribution is 0.148. The molecule has 1 aliphatic carbocycles. The fourth-order valence-corrected chi connectivity index (χ4v) is 2.79. The summed E-state index contributed by atoms with van der Waals surface area (Å²) in [6, 6.07) is 13.5. The van der Waals surface area contributed by atoms with Gasteiger partial charge in [-0.2, -0.15) is 0 Å². The molecule has 104 valence electrons. The van der Waals surface area contributed by atoms with Gasteiger partial charge in [0, 0.05) is 12.5 Å². The third-order valence-corrected chi connectivity index (χ3v) is 4.01. The van der Waals surface area contributed by atoms with Gasteiger partial charge < -0.3 is 5.11 Å². The number of hydrogen-bond donors (Lipinski definition) is 1. The Hall–Kier alpha value is -1.74. The van der Waals surface area contributed by atoms with Crippen LogP contribution >= 0.6 is 0 Å². The fraction of sp³-hybridized carbons (Fsp3) is 0.294. The predicted molar refractivity (Wildman–Crippen MR) is 73.4 cm³/mol. The smallest absolute Gasteiger partial charge is 0.129 e. The summed E-state index contributed by atoms with van der Waals surface area (Å²) in [5, 5.41) is 10.2. The maximum Gasteiger partial charge on any atom is 0.129 e. The summed E-state index contributed by atoms with van der Waals surface area (Å²) in [6.45, 7) is 0. The van der Waals surface area contributed by atoms with Crippen LogP contribution in [0.4, 0.5) is 8.78 Å². The highest BCUT2D eigenvalue weighted by Gasteiger charge is 2.43. The first kappa shape index (κ1) is 13.3. The summed E-state index contributed by atoms with van der Waals surface area (Å²) in [4.78, 5) is 0. The number of hydrogen-bond acceptors (Lipinski definition) is 1. The zero-order valence-corrected chi connectivity index (χ0v) is 11.0. The van der Waals surface area contributed by atoms with E-state index < -0.39 is 17.7 Å². The lowest BCUT2D eigenvalue weighted by Crippen LogP contribution is -2.15. The van der Waals surface area contributed by atoms with Crippen LogP contribution in [0.2, 0.25) is 0 Å². The maximum atomic E-state index is 13.6. The standard InChI is InChI=1S/C17H16F2O/c18-13-7-6-12(16(19)9-13)8-17(20)15-10-14(15)11-4-2-1-3-5-11/h1-7,9,14-15,17,20H,8,10H2. The SMILES string of the molecule is OC(Cc1ccc(F)cc1F)C1CC1c1ccccc1. The summed E-state index contributed by atoms with van der Waals surface area (Å²) < 4.78 is 26.4. The van der Waals surface area contributed by atoms with E-state index in [1.807, 2.05) is 18.2 Å². The molecule has 3 rings (SSSR count). The second kappa shape index (κ2) is 5.33. The van der Waals surface area contributed by atoms with Gasteiger partial charge in [0.1, 0.15) is 11.6 Å². The quantitative estimate of drug-likeness (QED) is 0.902. The molecule has 0 aliphatic heterocycles. The third-order valence-electron chi connectivity index (χ3n) is 4.01. The molecule has 0 aromatic heterocycles. The second-order valence-electron chi connectivity index (χ2n) is 5.42. The summed E-state index contributed by atoms with van der Waals surface area (Å²) in [7, 11) is 0. The van der Waals surface area contributed by atoms with Gasteiger partial charge >= 0.3 is 0 Å². The molecular formula is C17H16F2O. The first-order chi connectivity index (χ1) is 9.65. The minimum absolute atomic E-state index is 0.168. The van der Waals surface area contributed by atoms with Crippen molar-refractivity contribution in [3.8, 4) is 0 Å². The molecule has 0 radical (unpaired) electrons. The summed E-state index contributed by atoms with van der Waals surface area (Å²) >= 11 is 0. The van der Waals surface area contributed by atoms with Crippen LogP contribution in [0.3, 0.4) is 0 Å². The van der Waals surface area contributed by atoms with E-state index >= 15 is 0 Å². The third kappa shape index (κ3) is 2.73. The molecular weight excluding hydrogens is 258 g/mol. The molecule has 2 aromatic rings. The van der Waals surface area contributed by atoms with Crippen molar-refractivity contribution in [1.82, 2.24) is 0 Å². The van der Waals surface area contributed by atoms with Crippen LogP contribution in [-0.2, 0) is 6.42 Å². The minimum atomic E-state index is -0.589. The maximum absolute atomic E-state index is 13.6. The van der Waals surface area contributed by atoms with Gasteiger partial charge in [-0.05, 0) is 35.4 Å². The molecule has 0 amide bonds. The lowest BCUT2D eigenvalue weighted by atomic mass is 10.0. The Morgan fingerprint density at radius 3 is 2.55 bits per heavy atom. The normalized spacial score (nSPS) is 22.6. The van der Waals surface area contributed by atoms with Crippen molar-refractivity contribution in [3.63, 3.8) is 0 Å². The van der Waals surface area contributed by atoms with Gasteiger partial charge in [-0.25, -0.2) is 8.78 Å². The van der Waals surface area contributed by atoms with Gasteiger partial charge in [-0.15, -0.1) is 0 Å². The molecule has 20 heavy (non-hydrogen) atoms. The van der Waals surface area contributed by atoms with Crippen molar-refractivity contribution >= 4 is 0 Å². The molecule has 1 aliphatic rings. The molecule has 0 bridgehead atoms. The average molecular weight is 274 g/mol. The Balaban J connectivity index is 1.65. The van der Waals surface area contributed by atoms with Gasteiger partial charge in [0.2, 0.25) is 0 Å². The molecule has 1 N–H and O–H groups in total. The van der Waals surface area contributed by atoms with Crippen LogP contribution in [0.15, 0.2) is 48.5 Å². The number of aliphatic hydroxyl groups is 1. The highest BCUT2D eigenvalue weighted by Crippen LogP contribution is 2.50. The molecule has 1 fully saturated rings. The van der Waals surface area contributed by atoms with Crippen LogP contribution in [0, 0.1) is 17.6 Å². The van der Waals surface area contributed by atoms with Gasteiger partial charge in [0.15, 0.2) is 0 Å². The summed E-state index contributed by atoms with van der Waals surface area (Å²) in [5.41, 5.74) is 1.59. The topological polar surface area (TPSA) is 20.2 Å². The van der Waals surface area contributed by atoms with Crippen LogP contribution < -0.4 is 0 Å². The molecule has 3 atom stereocenters. The summed E-state index contributed by atoms with van der Waals surface area (Å²) in [5.74, 6) is -0.646. The van der Waals surface area contributed by atoms with E-state index in [2.05, 4.69) is 12.1 Å². The van der Waals surface area contributed by atoms with Gasteiger partial charge in [-0.1, -0.05) is 36.4 Å². The molecule has 2 aromatic carbocycles. The molecule has 3 unspecified atom stereocenters. The van der Waals surface area contributed by atoms with Crippen molar-refractivity contribution in [2.24, 2.45) is 5.92 Å². The van der Waals surface area contributed by atoms with E-state index in [1.165, 1.54) is 17.7 Å². The average Bonchev–Trinajstić information content (AvgIpc) is 3.23. The Bertz CT molecular complexity index is 597. The zero-order valence-electron chi connectivity index (χ0n) is 11.0. The van der Waals surface area contributed by atoms with Crippen molar-refractivity contribution in [1.29, 1.82) is 0 Å². The molecule has 1 nitrogen and oxygen atoms in total. The van der Waals surface area contributed by atoms with Crippen molar-refractivity contribution in [2.45, 2.75) is 24.9 Å². The van der Waals surface area contributed by atoms with E-state index in [-0.39, 0.29) is 12.3 Å². The predicted octanol–water partition coefficient (Wildman–Crippen LogP) is 3.67. The second-order valence-corrected chi connectivity index (χ2v) is 5.42. The van der Waals surface area contributed by atoms with E-state index in [4.69, 9.17) is 0 Å². The molecule has 0 heterocycles. The Kier molecular flexibility index (Phi) is 3.53. The van der Waals surface area contributed by atoms with Crippen molar-refractivity contribution in [2.75, 3.05) is 0 Å². The van der Waals surface area contributed by atoms with E-state index in [0.29, 0.717) is 11.5 Å². The van der Waals surface area contributed by atoms with Crippen molar-refractivity contribution in [3.05, 3.63) is 71.3 Å². The molecule has 0 spiro atoms. The Labute approximate surface area is 116 Å². The number of benzene rings is 2. The van der Waals surface area contributed by atoms with Gasteiger partial charge in [0.25, 0.3) is 0 Å². The molecule has 0 saturated heterocycles. The van der Waals surface area contributed by atoms with Gasteiger partial charge in [0.05, 0.1) is 6.10 Å². The number of rotatable bonds is 4. The van der Waals surface area contributed by atoms with Crippen molar-refractivity contribution < 1.29 is 13.9 Å². The van der Waals surface area contributed by atoms with E-state index in [0.717, 1.165) is 12.5 Å². The lowest BCUT2D eigenvalue weighted by Gasteiger charge is -2.11. The summed E-state index contributed by atoms with van der Waals surface area (Å²) in [6.07, 6.45) is 0.578. The monoisotopic (exact) mass is 274 g/mol. The molecule has 3 heteroatoms.